The minimum Gasteiger partial charge on any atom is -0.494 e. The summed E-state index contributed by atoms with van der Waals surface area (Å²) in [7, 11) is 0. The molecule has 1 aromatic rings. The van der Waals surface area contributed by atoms with E-state index >= 15 is 0 Å². The van der Waals surface area contributed by atoms with Crippen LogP contribution in [0.5, 0.6) is 5.75 Å². The first-order valence-corrected chi connectivity index (χ1v) is 5.33. The van der Waals surface area contributed by atoms with Gasteiger partial charge in [-0.3, -0.25) is 0 Å². The Morgan fingerprint density at radius 3 is 2.73 bits per heavy atom. The summed E-state index contributed by atoms with van der Waals surface area (Å²) in [5.74, 6) is 1.01. The van der Waals surface area contributed by atoms with E-state index in [0.29, 0.717) is 13.2 Å². The number of aliphatic hydroxyl groups excluding tert-OH is 1. The van der Waals surface area contributed by atoms with Crippen molar-refractivity contribution in [3.8, 4) is 5.75 Å². The molecule has 1 rings (SSSR count). The molecule has 3 N–H and O–H groups in total. The van der Waals surface area contributed by atoms with Gasteiger partial charge in [0.2, 0.25) is 0 Å². The SMILES string of the molecule is CCOc1ccccc1C[C@@H](CN)CO. The van der Waals surface area contributed by atoms with E-state index in [2.05, 4.69) is 0 Å². The van der Waals surface area contributed by atoms with Gasteiger partial charge in [-0.15, -0.1) is 0 Å². The minimum atomic E-state index is 0.117. The second-order valence-electron chi connectivity index (χ2n) is 3.53. The summed E-state index contributed by atoms with van der Waals surface area (Å²) < 4.78 is 5.50. The molecule has 0 fully saturated rings. The third-order valence-electron chi connectivity index (χ3n) is 2.37. The molecule has 0 unspecified atom stereocenters. The lowest BCUT2D eigenvalue weighted by molar-refractivity contribution is 0.228. The monoisotopic (exact) mass is 209 g/mol. The van der Waals surface area contributed by atoms with Gasteiger partial charge in [0.25, 0.3) is 0 Å². The van der Waals surface area contributed by atoms with Crippen molar-refractivity contribution in [2.75, 3.05) is 19.8 Å². The Balaban J connectivity index is 2.73. The second-order valence-corrected chi connectivity index (χ2v) is 3.53. The number of hydrogen-bond donors (Lipinski definition) is 2. The number of para-hydroxylation sites is 1. The van der Waals surface area contributed by atoms with E-state index in [-0.39, 0.29) is 12.5 Å². The lowest BCUT2D eigenvalue weighted by Gasteiger charge is -2.14. The Bertz CT molecular complexity index is 285. The Morgan fingerprint density at radius 1 is 1.40 bits per heavy atom. The predicted molar refractivity (Wildman–Crippen MR) is 60.9 cm³/mol. The molecule has 3 heteroatoms. The maximum Gasteiger partial charge on any atom is 0.122 e. The topological polar surface area (TPSA) is 55.5 Å². The highest BCUT2D eigenvalue weighted by molar-refractivity contribution is 5.33. The van der Waals surface area contributed by atoms with Crippen LogP contribution in [-0.4, -0.2) is 24.9 Å². The highest BCUT2D eigenvalue weighted by Gasteiger charge is 2.09. The molecule has 0 radical (unpaired) electrons. The zero-order chi connectivity index (χ0) is 11.1. The molecular weight excluding hydrogens is 190 g/mol. The fourth-order valence-electron chi connectivity index (χ4n) is 1.50. The summed E-state index contributed by atoms with van der Waals surface area (Å²) in [6, 6.07) is 7.89. The first-order chi connectivity index (χ1) is 7.31. The average molecular weight is 209 g/mol. The van der Waals surface area contributed by atoms with Crippen LogP contribution in [0.3, 0.4) is 0 Å². The second kappa shape index (κ2) is 6.43. The van der Waals surface area contributed by atoms with Crippen LogP contribution in [0.25, 0.3) is 0 Å². The smallest absolute Gasteiger partial charge is 0.122 e. The molecule has 15 heavy (non-hydrogen) atoms. The number of nitrogens with two attached hydrogens (primary N) is 1. The van der Waals surface area contributed by atoms with E-state index in [9.17, 15) is 0 Å². The van der Waals surface area contributed by atoms with Gasteiger partial charge < -0.3 is 15.6 Å². The number of aliphatic hydroxyl groups is 1. The first kappa shape index (κ1) is 12.0. The molecule has 0 aliphatic carbocycles. The van der Waals surface area contributed by atoms with Crippen LogP contribution in [-0.2, 0) is 6.42 Å². The van der Waals surface area contributed by atoms with Gasteiger partial charge in [0.15, 0.2) is 0 Å². The minimum absolute atomic E-state index is 0.117. The van der Waals surface area contributed by atoms with E-state index in [0.717, 1.165) is 17.7 Å². The molecule has 0 bridgehead atoms. The molecule has 0 aliphatic heterocycles. The molecule has 0 spiro atoms. The fourth-order valence-corrected chi connectivity index (χ4v) is 1.50. The Hall–Kier alpha value is -1.06. The zero-order valence-electron chi connectivity index (χ0n) is 9.15. The predicted octanol–water partition coefficient (Wildman–Crippen LogP) is 1.19. The highest BCUT2D eigenvalue weighted by atomic mass is 16.5. The summed E-state index contributed by atoms with van der Waals surface area (Å²) in [4.78, 5) is 0. The van der Waals surface area contributed by atoms with Crippen molar-refractivity contribution >= 4 is 0 Å². The molecule has 0 aromatic heterocycles. The van der Waals surface area contributed by atoms with Gasteiger partial charge in [0.05, 0.1) is 6.61 Å². The van der Waals surface area contributed by atoms with E-state index < -0.39 is 0 Å². The Kier molecular flexibility index (Phi) is 5.15. The molecule has 0 aliphatic rings. The van der Waals surface area contributed by atoms with Crippen molar-refractivity contribution < 1.29 is 9.84 Å². The van der Waals surface area contributed by atoms with Gasteiger partial charge in [-0.1, -0.05) is 18.2 Å². The van der Waals surface area contributed by atoms with E-state index in [4.69, 9.17) is 15.6 Å². The molecule has 0 heterocycles. The standard InChI is InChI=1S/C12H19NO2/c1-2-15-12-6-4-3-5-11(12)7-10(8-13)9-14/h3-6,10,14H,2,7-9,13H2,1H3/t10-/m0/s1. The lowest BCUT2D eigenvalue weighted by atomic mass is 9.99. The zero-order valence-corrected chi connectivity index (χ0v) is 9.15. The van der Waals surface area contributed by atoms with Gasteiger partial charge >= 0.3 is 0 Å². The Labute approximate surface area is 90.9 Å². The van der Waals surface area contributed by atoms with Crippen LogP contribution in [0.4, 0.5) is 0 Å². The van der Waals surface area contributed by atoms with Crippen molar-refractivity contribution in [2.24, 2.45) is 11.7 Å². The van der Waals surface area contributed by atoms with Gasteiger partial charge in [-0.05, 0) is 37.4 Å². The van der Waals surface area contributed by atoms with Crippen molar-refractivity contribution in [1.29, 1.82) is 0 Å². The quantitative estimate of drug-likeness (QED) is 0.740. The van der Waals surface area contributed by atoms with Crippen molar-refractivity contribution in [3.63, 3.8) is 0 Å². The highest BCUT2D eigenvalue weighted by Crippen LogP contribution is 2.20. The first-order valence-electron chi connectivity index (χ1n) is 5.33. The lowest BCUT2D eigenvalue weighted by Crippen LogP contribution is -2.20. The summed E-state index contributed by atoms with van der Waals surface area (Å²) in [5.41, 5.74) is 6.67. The van der Waals surface area contributed by atoms with Crippen molar-refractivity contribution in [2.45, 2.75) is 13.3 Å². The van der Waals surface area contributed by atoms with E-state index in [1.165, 1.54) is 0 Å². The average Bonchev–Trinajstić information content (AvgIpc) is 2.28. The van der Waals surface area contributed by atoms with Gasteiger partial charge in [-0.25, -0.2) is 0 Å². The van der Waals surface area contributed by atoms with Crippen LogP contribution < -0.4 is 10.5 Å². The number of hydrogen-bond acceptors (Lipinski definition) is 3. The molecule has 0 saturated carbocycles. The third kappa shape index (κ3) is 3.53. The molecule has 0 amide bonds. The van der Waals surface area contributed by atoms with E-state index in [1.807, 2.05) is 31.2 Å². The van der Waals surface area contributed by atoms with Crippen LogP contribution in [0, 0.1) is 5.92 Å². The van der Waals surface area contributed by atoms with Gasteiger partial charge in [0.1, 0.15) is 5.75 Å². The van der Waals surface area contributed by atoms with Crippen molar-refractivity contribution in [1.82, 2.24) is 0 Å². The molecule has 84 valence electrons. The summed E-state index contributed by atoms with van der Waals surface area (Å²) >= 11 is 0. The third-order valence-corrected chi connectivity index (χ3v) is 2.37. The maximum absolute atomic E-state index is 9.09. The molecule has 1 atom stereocenters. The van der Waals surface area contributed by atoms with Gasteiger partial charge in [-0.2, -0.15) is 0 Å². The molecule has 0 saturated heterocycles. The van der Waals surface area contributed by atoms with Gasteiger partial charge in [0, 0.05) is 6.61 Å². The number of benzene rings is 1. The summed E-state index contributed by atoms with van der Waals surface area (Å²) in [5, 5.41) is 9.09. The van der Waals surface area contributed by atoms with Crippen LogP contribution in [0.1, 0.15) is 12.5 Å². The Morgan fingerprint density at radius 2 is 2.13 bits per heavy atom. The summed E-state index contributed by atoms with van der Waals surface area (Å²) in [6.45, 7) is 3.24. The van der Waals surface area contributed by atoms with E-state index in [1.54, 1.807) is 0 Å². The molecule has 3 nitrogen and oxygen atoms in total. The number of rotatable bonds is 6. The normalized spacial score (nSPS) is 12.5. The largest absolute Gasteiger partial charge is 0.494 e. The summed E-state index contributed by atoms with van der Waals surface area (Å²) in [6.07, 6.45) is 0.767. The molecular formula is C12H19NO2. The molecule has 1 aromatic carbocycles. The maximum atomic E-state index is 9.09. The van der Waals surface area contributed by atoms with Crippen molar-refractivity contribution in [3.05, 3.63) is 29.8 Å². The van der Waals surface area contributed by atoms with Crippen LogP contribution >= 0.6 is 0 Å². The number of ether oxygens (including phenoxy) is 1. The fraction of sp³-hybridized carbons (Fsp3) is 0.500. The van der Waals surface area contributed by atoms with Crippen LogP contribution in [0.2, 0.25) is 0 Å². The van der Waals surface area contributed by atoms with Crippen LogP contribution in [0.15, 0.2) is 24.3 Å².